The Morgan fingerprint density at radius 2 is 1.72 bits per heavy atom. The molecule has 2 heterocycles. The standard InChI is InChI=1S/C21H23N7O4/c1-11-9-16(24-12(2)23-11)26-17-10-14(18(28-27-17)21(30)22-3)25-20(29)13-7-6-8-15(31-4)19(13)32-5/h6-10H,1-5H3,(H,22,30)(H2,23,24,25,26,27,29). The maximum Gasteiger partial charge on any atom is 0.273 e. The van der Waals surface area contributed by atoms with Gasteiger partial charge in [-0.2, -0.15) is 0 Å². The molecule has 0 saturated heterocycles. The SMILES string of the molecule is CNC(=O)c1nnc(Nc2cc(C)nc(C)n2)cc1NC(=O)c1cccc(OC)c1OC. The Bertz CT molecular complexity index is 1150. The number of hydrogen-bond acceptors (Lipinski definition) is 9. The average molecular weight is 437 g/mol. The van der Waals surface area contributed by atoms with Crippen molar-refractivity contribution in [2.45, 2.75) is 13.8 Å². The lowest BCUT2D eigenvalue weighted by Gasteiger charge is -2.14. The molecule has 166 valence electrons. The number of carbonyl (C=O) groups is 2. The quantitative estimate of drug-likeness (QED) is 0.507. The van der Waals surface area contributed by atoms with E-state index in [4.69, 9.17) is 9.47 Å². The smallest absolute Gasteiger partial charge is 0.273 e. The van der Waals surface area contributed by atoms with Crippen LogP contribution >= 0.6 is 0 Å². The van der Waals surface area contributed by atoms with E-state index >= 15 is 0 Å². The molecule has 0 aliphatic carbocycles. The molecular weight excluding hydrogens is 414 g/mol. The second-order valence-electron chi connectivity index (χ2n) is 6.63. The van der Waals surface area contributed by atoms with Crippen LogP contribution < -0.4 is 25.4 Å². The number of carbonyl (C=O) groups excluding carboxylic acids is 2. The Morgan fingerprint density at radius 3 is 2.38 bits per heavy atom. The van der Waals surface area contributed by atoms with Gasteiger partial charge in [0.1, 0.15) is 11.6 Å². The van der Waals surface area contributed by atoms with E-state index in [1.807, 2.05) is 6.92 Å². The van der Waals surface area contributed by atoms with Crippen LogP contribution in [0, 0.1) is 13.8 Å². The third kappa shape index (κ3) is 4.89. The van der Waals surface area contributed by atoms with Crippen LogP contribution in [0.15, 0.2) is 30.3 Å². The van der Waals surface area contributed by atoms with Crippen LogP contribution in [0.5, 0.6) is 11.5 Å². The number of methoxy groups -OCH3 is 2. The molecule has 11 nitrogen and oxygen atoms in total. The highest BCUT2D eigenvalue weighted by atomic mass is 16.5. The minimum atomic E-state index is -0.515. The van der Waals surface area contributed by atoms with Crippen molar-refractivity contribution in [3.63, 3.8) is 0 Å². The molecule has 3 N–H and O–H groups in total. The van der Waals surface area contributed by atoms with E-state index in [0.29, 0.717) is 17.4 Å². The van der Waals surface area contributed by atoms with Crippen LogP contribution in [0.2, 0.25) is 0 Å². The number of rotatable bonds is 7. The number of amides is 2. The maximum atomic E-state index is 13.0. The Kier molecular flexibility index (Phi) is 6.78. The highest BCUT2D eigenvalue weighted by Crippen LogP contribution is 2.31. The third-order valence-corrected chi connectivity index (χ3v) is 4.35. The van der Waals surface area contributed by atoms with Gasteiger partial charge in [-0.3, -0.25) is 9.59 Å². The third-order valence-electron chi connectivity index (χ3n) is 4.35. The Labute approximate surface area is 184 Å². The molecule has 1 aromatic carbocycles. The van der Waals surface area contributed by atoms with Gasteiger partial charge in [-0.1, -0.05) is 6.07 Å². The number of para-hydroxylation sites is 1. The molecule has 0 spiro atoms. The lowest BCUT2D eigenvalue weighted by Crippen LogP contribution is -2.24. The fraction of sp³-hybridized carbons (Fsp3) is 0.238. The largest absolute Gasteiger partial charge is 0.493 e. The molecule has 32 heavy (non-hydrogen) atoms. The van der Waals surface area contributed by atoms with E-state index in [9.17, 15) is 9.59 Å². The molecule has 0 fully saturated rings. The van der Waals surface area contributed by atoms with Gasteiger partial charge >= 0.3 is 0 Å². The molecule has 0 bridgehead atoms. The molecule has 0 aliphatic heterocycles. The van der Waals surface area contributed by atoms with Gasteiger partial charge in [-0.05, 0) is 26.0 Å². The minimum absolute atomic E-state index is 0.0525. The summed E-state index contributed by atoms with van der Waals surface area (Å²) in [5.74, 6) is 1.01. The monoisotopic (exact) mass is 437 g/mol. The molecule has 0 radical (unpaired) electrons. The molecule has 0 atom stereocenters. The maximum absolute atomic E-state index is 13.0. The van der Waals surface area contributed by atoms with Crippen LogP contribution in [0.3, 0.4) is 0 Å². The van der Waals surface area contributed by atoms with Gasteiger partial charge in [0.2, 0.25) is 0 Å². The van der Waals surface area contributed by atoms with Gasteiger partial charge in [-0.25, -0.2) is 9.97 Å². The normalized spacial score (nSPS) is 10.3. The minimum Gasteiger partial charge on any atom is -0.493 e. The summed E-state index contributed by atoms with van der Waals surface area (Å²) in [6.45, 7) is 3.61. The van der Waals surface area contributed by atoms with Crippen molar-refractivity contribution in [2.24, 2.45) is 0 Å². The first-order valence-electron chi connectivity index (χ1n) is 9.57. The molecule has 0 saturated carbocycles. The summed E-state index contributed by atoms with van der Waals surface area (Å²) >= 11 is 0. The zero-order valence-corrected chi connectivity index (χ0v) is 18.3. The molecule has 11 heteroatoms. The average Bonchev–Trinajstić information content (AvgIpc) is 2.77. The molecule has 3 aromatic rings. The fourth-order valence-corrected chi connectivity index (χ4v) is 3.00. The van der Waals surface area contributed by atoms with Crippen LogP contribution in [-0.4, -0.2) is 53.2 Å². The number of aryl methyl sites for hydroxylation is 2. The van der Waals surface area contributed by atoms with Crippen molar-refractivity contribution in [1.29, 1.82) is 0 Å². The number of nitrogens with zero attached hydrogens (tertiary/aromatic N) is 4. The van der Waals surface area contributed by atoms with Crippen molar-refractivity contribution in [2.75, 3.05) is 31.9 Å². The topological polar surface area (TPSA) is 140 Å². The van der Waals surface area contributed by atoms with Gasteiger partial charge < -0.3 is 25.4 Å². The van der Waals surface area contributed by atoms with Gasteiger partial charge in [0.15, 0.2) is 23.0 Å². The Morgan fingerprint density at radius 1 is 0.938 bits per heavy atom. The zero-order chi connectivity index (χ0) is 23.3. The van der Waals surface area contributed by atoms with Crippen LogP contribution in [0.25, 0.3) is 0 Å². The number of anilines is 3. The van der Waals surface area contributed by atoms with Crippen LogP contribution in [0.4, 0.5) is 17.3 Å². The fourth-order valence-electron chi connectivity index (χ4n) is 3.00. The van der Waals surface area contributed by atoms with Gasteiger partial charge in [0.05, 0.1) is 25.5 Å². The molecule has 0 aliphatic rings. The Hall–Kier alpha value is -4.28. The van der Waals surface area contributed by atoms with Crippen molar-refractivity contribution in [3.8, 4) is 11.5 Å². The summed E-state index contributed by atoms with van der Waals surface area (Å²) in [6, 6.07) is 8.15. The highest BCUT2D eigenvalue weighted by Gasteiger charge is 2.21. The van der Waals surface area contributed by atoms with Crippen molar-refractivity contribution in [3.05, 3.63) is 53.1 Å². The van der Waals surface area contributed by atoms with Gasteiger partial charge in [-0.15, -0.1) is 10.2 Å². The molecule has 2 aromatic heterocycles. The Balaban J connectivity index is 1.97. The van der Waals surface area contributed by atoms with Gasteiger partial charge in [0.25, 0.3) is 11.8 Å². The van der Waals surface area contributed by atoms with Gasteiger partial charge in [0, 0.05) is 24.9 Å². The van der Waals surface area contributed by atoms with E-state index in [0.717, 1.165) is 5.69 Å². The number of aromatic nitrogens is 4. The predicted octanol–water partition coefficient (Wildman–Crippen LogP) is 2.26. The second-order valence-corrected chi connectivity index (χ2v) is 6.63. The summed E-state index contributed by atoms with van der Waals surface area (Å²) < 4.78 is 10.6. The first-order valence-corrected chi connectivity index (χ1v) is 9.57. The first kappa shape index (κ1) is 22.4. The number of nitrogens with one attached hydrogen (secondary N) is 3. The van der Waals surface area contributed by atoms with Crippen molar-refractivity contribution < 1.29 is 19.1 Å². The zero-order valence-electron chi connectivity index (χ0n) is 18.3. The summed E-state index contributed by atoms with van der Waals surface area (Å²) in [7, 11) is 4.37. The van der Waals surface area contributed by atoms with E-state index in [1.54, 1.807) is 31.2 Å². The van der Waals surface area contributed by atoms with E-state index < -0.39 is 11.8 Å². The highest BCUT2D eigenvalue weighted by molar-refractivity contribution is 6.10. The lowest BCUT2D eigenvalue weighted by atomic mass is 10.1. The van der Waals surface area contributed by atoms with E-state index in [1.165, 1.54) is 27.3 Å². The first-order chi connectivity index (χ1) is 15.4. The number of ether oxygens (including phenoxy) is 2. The lowest BCUT2D eigenvalue weighted by molar-refractivity contribution is 0.0958. The number of hydrogen-bond donors (Lipinski definition) is 3. The molecule has 3 rings (SSSR count). The van der Waals surface area contributed by atoms with Crippen LogP contribution in [0.1, 0.15) is 32.4 Å². The summed E-state index contributed by atoms with van der Waals surface area (Å²) in [5, 5.41) is 16.2. The second kappa shape index (κ2) is 9.69. The summed E-state index contributed by atoms with van der Waals surface area (Å²) in [5.41, 5.74) is 1.10. The van der Waals surface area contributed by atoms with E-state index in [2.05, 4.69) is 36.1 Å². The predicted molar refractivity (Wildman–Crippen MR) is 118 cm³/mol. The molecular formula is C21H23N7O4. The molecule has 2 amide bonds. The van der Waals surface area contributed by atoms with Crippen LogP contribution in [-0.2, 0) is 0 Å². The van der Waals surface area contributed by atoms with Crippen molar-refractivity contribution in [1.82, 2.24) is 25.5 Å². The molecule has 0 unspecified atom stereocenters. The summed E-state index contributed by atoms with van der Waals surface area (Å²) in [6.07, 6.45) is 0. The number of benzene rings is 1. The summed E-state index contributed by atoms with van der Waals surface area (Å²) in [4.78, 5) is 33.8. The van der Waals surface area contributed by atoms with E-state index in [-0.39, 0.29) is 28.5 Å². The van der Waals surface area contributed by atoms with Crippen molar-refractivity contribution >= 4 is 29.1 Å².